The second-order valence-corrected chi connectivity index (χ2v) is 7.61. The monoisotopic (exact) mass is 408 g/mol. The minimum absolute atomic E-state index is 0.266. The molecule has 0 bridgehead atoms. The van der Waals surface area contributed by atoms with Gasteiger partial charge in [-0.05, 0) is 57.5 Å². The van der Waals surface area contributed by atoms with Crippen LogP contribution in [-0.4, -0.2) is 82.7 Å². The van der Waals surface area contributed by atoms with Crippen molar-refractivity contribution in [2.75, 3.05) is 59.6 Å². The molecule has 6 nitrogen and oxygen atoms in total. The summed E-state index contributed by atoms with van der Waals surface area (Å²) in [5, 5.41) is 6.55. The maximum absolute atomic E-state index is 12.4. The molecule has 2 saturated heterocycles. The first kappa shape index (κ1) is 23.2. The number of hydrogen-bond acceptors (Lipinski definition) is 4. The summed E-state index contributed by atoms with van der Waals surface area (Å²) in [4.78, 5) is 5.71. The molecule has 0 amide bonds. The summed E-state index contributed by atoms with van der Waals surface area (Å²) in [5.41, 5.74) is 0. The first-order valence-electron chi connectivity index (χ1n) is 10.4. The molecule has 2 heterocycles. The van der Waals surface area contributed by atoms with Crippen LogP contribution in [0.1, 0.15) is 38.5 Å². The summed E-state index contributed by atoms with van der Waals surface area (Å²) in [6.45, 7) is 4.05. The molecule has 2 N–H and O–H groups in total. The number of alkyl halides is 3. The van der Waals surface area contributed by atoms with Crippen LogP contribution >= 0.6 is 0 Å². The van der Waals surface area contributed by atoms with Crippen LogP contribution in [0.5, 0.6) is 0 Å². The van der Waals surface area contributed by atoms with E-state index >= 15 is 0 Å². The molecule has 2 rings (SSSR count). The molecular formula is C19H35F3N4O2. The Balaban J connectivity index is 1.46. The molecule has 1 unspecified atom stereocenters. The average Bonchev–Trinajstić information content (AvgIpc) is 3.16. The van der Waals surface area contributed by atoms with Gasteiger partial charge in [0.1, 0.15) is 0 Å². The van der Waals surface area contributed by atoms with Crippen LogP contribution in [0.25, 0.3) is 0 Å². The smallest absolute Gasteiger partial charge is 0.379 e. The highest BCUT2D eigenvalue weighted by molar-refractivity contribution is 5.79. The maximum Gasteiger partial charge on any atom is 0.401 e. The van der Waals surface area contributed by atoms with E-state index in [1.165, 1.54) is 4.90 Å². The van der Waals surface area contributed by atoms with Crippen LogP contribution in [-0.2, 0) is 9.47 Å². The van der Waals surface area contributed by atoms with E-state index in [0.717, 1.165) is 64.2 Å². The van der Waals surface area contributed by atoms with E-state index in [4.69, 9.17) is 9.47 Å². The number of piperidine rings is 1. The van der Waals surface area contributed by atoms with Gasteiger partial charge in [0.15, 0.2) is 5.96 Å². The predicted octanol–water partition coefficient (Wildman–Crippen LogP) is 2.40. The first-order chi connectivity index (χ1) is 13.5. The minimum Gasteiger partial charge on any atom is -0.379 e. The molecule has 2 fully saturated rings. The number of halogens is 3. The lowest BCUT2D eigenvalue weighted by molar-refractivity contribution is -0.148. The van der Waals surface area contributed by atoms with Gasteiger partial charge in [-0.25, -0.2) is 0 Å². The highest BCUT2D eigenvalue weighted by atomic mass is 19.4. The summed E-state index contributed by atoms with van der Waals surface area (Å²) in [6.07, 6.45) is 1.89. The molecule has 0 aliphatic carbocycles. The standard InChI is InChI=1S/C19H35F3N4O2/c1-23-18(24-8-3-12-27-14-17-4-2-13-28-17)25-9-5-16-6-10-26(11-7-16)15-19(20,21)22/h16-17H,2-15H2,1H3,(H2,23,24,25). The number of nitrogens with zero attached hydrogens (tertiary/aromatic N) is 2. The second kappa shape index (κ2) is 12.5. The van der Waals surface area contributed by atoms with Crippen molar-refractivity contribution in [3.63, 3.8) is 0 Å². The lowest BCUT2D eigenvalue weighted by Gasteiger charge is -2.32. The Morgan fingerprint density at radius 2 is 1.93 bits per heavy atom. The Kier molecular flexibility index (Phi) is 10.4. The number of guanidine groups is 1. The molecule has 0 spiro atoms. The van der Waals surface area contributed by atoms with E-state index in [1.807, 2.05) is 0 Å². The lowest BCUT2D eigenvalue weighted by atomic mass is 9.93. The van der Waals surface area contributed by atoms with Crippen molar-refractivity contribution in [1.82, 2.24) is 15.5 Å². The number of hydrogen-bond donors (Lipinski definition) is 2. The van der Waals surface area contributed by atoms with Gasteiger partial charge in [0.05, 0.1) is 19.3 Å². The molecule has 1 atom stereocenters. The van der Waals surface area contributed by atoms with E-state index in [0.29, 0.717) is 32.2 Å². The molecule has 9 heteroatoms. The Morgan fingerprint density at radius 3 is 2.57 bits per heavy atom. The van der Waals surface area contributed by atoms with E-state index in [1.54, 1.807) is 7.05 Å². The molecule has 164 valence electrons. The zero-order chi connectivity index (χ0) is 20.2. The van der Waals surface area contributed by atoms with Crippen molar-refractivity contribution in [2.45, 2.75) is 50.8 Å². The quantitative estimate of drug-likeness (QED) is 0.330. The normalized spacial score (nSPS) is 22.6. The van der Waals surface area contributed by atoms with Gasteiger partial charge in [-0.15, -0.1) is 0 Å². The van der Waals surface area contributed by atoms with E-state index in [9.17, 15) is 13.2 Å². The van der Waals surface area contributed by atoms with E-state index < -0.39 is 12.7 Å². The van der Waals surface area contributed by atoms with Crippen molar-refractivity contribution >= 4 is 5.96 Å². The van der Waals surface area contributed by atoms with Crippen LogP contribution < -0.4 is 10.6 Å². The number of rotatable bonds is 10. The van der Waals surface area contributed by atoms with Gasteiger partial charge >= 0.3 is 6.18 Å². The third kappa shape index (κ3) is 9.93. The van der Waals surface area contributed by atoms with Gasteiger partial charge in [0, 0.05) is 33.4 Å². The average molecular weight is 409 g/mol. The summed E-state index contributed by atoms with van der Waals surface area (Å²) >= 11 is 0. The number of aliphatic imine (C=N–C) groups is 1. The molecule has 0 aromatic rings. The number of likely N-dealkylation sites (tertiary alicyclic amines) is 1. The summed E-state index contributed by atoms with van der Waals surface area (Å²) in [5.74, 6) is 1.23. The Labute approximate surface area is 166 Å². The fourth-order valence-electron chi connectivity index (χ4n) is 3.67. The van der Waals surface area contributed by atoms with E-state index in [-0.39, 0.29) is 6.10 Å². The fourth-order valence-corrected chi connectivity index (χ4v) is 3.67. The third-order valence-corrected chi connectivity index (χ3v) is 5.26. The van der Waals surface area contributed by atoms with Crippen molar-refractivity contribution < 1.29 is 22.6 Å². The van der Waals surface area contributed by atoms with Gasteiger partial charge in [-0.1, -0.05) is 0 Å². The van der Waals surface area contributed by atoms with Crippen LogP contribution in [0.2, 0.25) is 0 Å². The summed E-state index contributed by atoms with van der Waals surface area (Å²) in [7, 11) is 1.74. The maximum atomic E-state index is 12.4. The molecule has 0 aromatic heterocycles. The Morgan fingerprint density at radius 1 is 1.18 bits per heavy atom. The molecule has 28 heavy (non-hydrogen) atoms. The Bertz CT molecular complexity index is 449. The first-order valence-corrected chi connectivity index (χ1v) is 10.4. The van der Waals surface area contributed by atoms with Gasteiger partial charge in [-0.3, -0.25) is 9.89 Å². The number of nitrogens with one attached hydrogen (secondary N) is 2. The zero-order valence-electron chi connectivity index (χ0n) is 16.9. The molecule has 2 aliphatic rings. The van der Waals surface area contributed by atoms with Gasteiger partial charge < -0.3 is 20.1 Å². The number of ether oxygens (including phenoxy) is 2. The fraction of sp³-hybridized carbons (Fsp3) is 0.947. The topological polar surface area (TPSA) is 58.1 Å². The molecule has 0 saturated carbocycles. The largest absolute Gasteiger partial charge is 0.401 e. The molecular weight excluding hydrogens is 373 g/mol. The zero-order valence-corrected chi connectivity index (χ0v) is 16.9. The highest BCUT2D eigenvalue weighted by Gasteiger charge is 2.32. The minimum atomic E-state index is -4.10. The molecule has 0 aromatic carbocycles. The van der Waals surface area contributed by atoms with Crippen molar-refractivity contribution in [1.29, 1.82) is 0 Å². The predicted molar refractivity (Wildman–Crippen MR) is 104 cm³/mol. The molecule has 0 radical (unpaired) electrons. The third-order valence-electron chi connectivity index (χ3n) is 5.26. The van der Waals surface area contributed by atoms with Crippen LogP contribution in [0.3, 0.4) is 0 Å². The summed E-state index contributed by atoms with van der Waals surface area (Å²) in [6, 6.07) is 0. The van der Waals surface area contributed by atoms with Crippen LogP contribution in [0, 0.1) is 5.92 Å². The van der Waals surface area contributed by atoms with Crippen LogP contribution in [0.15, 0.2) is 4.99 Å². The van der Waals surface area contributed by atoms with Gasteiger partial charge in [-0.2, -0.15) is 13.2 Å². The van der Waals surface area contributed by atoms with Crippen molar-refractivity contribution in [3.8, 4) is 0 Å². The van der Waals surface area contributed by atoms with Crippen molar-refractivity contribution in [3.05, 3.63) is 0 Å². The van der Waals surface area contributed by atoms with Crippen LogP contribution in [0.4, 0.5) is 13.2 Å². The summed E-state index contributed by atoms with van der Waals surface area (Å²) < 4.78 is 48.4. The van der Waals surface area contributed by atoms with Gasteiger partial charge in [0.25, 0.3) is 0 Å². The molecule has 2 aliphatic heterocycles. The highest BCUT2D eigenvalue weighted by Crippen LogP contribution is 2.23. The SMILES string of the molecule is CN=C(NCCCOCC1CCCO1)NCCC1CCN(CC(F)(F)F)CC1. The second-order valence-electron chi connectivity index (χ2n) is 7.61. The van der Waals surface area contributed by atoms with Crippen molar-refractivity contribution in [2.24, 2.45) is 10.9 Å². The lowest BCUT2D eigenvalue weighted by Crippen LogP contribution is -2.41. The van der Waals surface area contributed by atoms with E-state index in [2.05, 4.69) is 15.6 Å². The van der Waals surface area contributed by atoms with Gasteiger partial charge in [0.2, 0.25) is 0 Å². The Hall–Kier alpha value is -1.06.